The lowest BCUT2D eigenvalue weighted by atomic mass is 10.1. The molecule has 0 aromatic heterocycles. The van der Waals surface area contributed by atoms with E-state index in [1.807, 2.05) is 42.5 Å². The van der Waals surface area contributed by atoms with Crippen molar-refractivity contribution in [2.24, 2.45) is 0 Å². The molecule has 2 unspecified atom stereocenters. The lowest BCUT2D eigenvalue weighted by Gasteiger charge is -2.37. The van der Waals surface area contributed by atoms with E-state index >= 15 is 0 Å². The molecule has 204 valence electrons. The summed E-state index contributed by atoms with van der Waals surface area (Å²) in [6.45, 7) is 0.883. The van der Waals surface area contributed by atoms with Crippen LogP contribution in [0, 0.1) is 0 Å². The van der Waals surface area contributed by atoms with E-state index < -0.39 is 57.3 Å². The van der Waals surface area contributed by atoms with E-state index in [0.717, 1.165) is 21.6 Å². The molecule has 38 heavy (non-hydrogen) atoms. The first-order valence-corrected chi connectivity index (χ1v) is 14.1. The average molecular weight is 574 g/mol. The molecule has 1 aliphatic rings. The highest BCUT2D eigenvalue weighted by molar-refractivity contribution is 7.97. The van der Waals surface area contributed by atoms with E-state index in [0.29, 0.717) is 5.56 Å². The van der Waals surface area contributed by atoms with Crippen LogP contribution in [0.3, 0.4) is 0 Å². The van der Waals surface area contributed by atoms with Crippen LogP contribution in [-0.4, -0.2) is 43.5 Å². The molecule has 12 heteroatoms. The molecule has 0 saturated carbocycles. The first kappa shape index (κ1) is 28.4. The summed E-state index contributed by atoms with van der Waals surface area (Å²) in [6.07, 6.45) is -2.14. The van der Waals surface area contributed by atoms with Crippen LogP contribution in [0.4, 0.5) is 17.6 Å². The number of alkyl halides is 4. The van der Waals surface area contributed by atoms with Gasteiger partial charge in [-0.2, -0.15) is 17.2 Å². The van der Waals surface area contributed by atoms with Gasteiger partial charge in [0.05, 0.1) is 10.9 Å². The molecular weight excluding hydrogens is 548 g/mol. The summed E-state index contributed by atoms with van der Waals surface area (Å²) >= 11 is 0. The first-order valence-electron chi connectivity index (χ1n) is 11.4. The molecule has 0 radical (unpaired) electrons. The second-order valence-electron chi connectivity index (χ2n) is 8.79. The van der Waals surface area contributed by atoms with E-state index in [1.54, 1.807) is 31.2 Å². The molecule has 1 N–H and O–H groups in total. The molecule has 1 heterocycles. The van der Waals surface area contributed by atoms with Gasteiger partial charge in [0.2, 0.25) is 0 Å². The molecule has 3 aromatic carbocycles. The summed E-state index contributed by atoms with van der Waals surface area (Å²) < 4.78 is 102. The zero-order valence-electron chi connectivity index (χ0n) is 20.3. The minimum atomic E-state index is -5.66. The van der Waals surface area contributed by atoms with Gasteiger partial charge in [-0.05, 0) is 56.3 Å². The van der Waals surface area contributed by atoms with Gasteiger partial charge in [-0.3, -0.25) is 4.55 Å². The van der Waals surface area contributed by atoms with Crippen molar-refractivity contribution in [2.45, 2.75) is 51.6 Å². The lowest BCUT2D eigenvalue weighted by molar-refractivity contribution is -0.328. The average Bonchev–Trinajstić information content (AvgIpc) is 2.87. The Labute approximate surface area is 220 Å². The zero-order valence-corrected chi connectivity index (χ0v) is 21.9. The van der Waals surface area contributed by atoms with Gasteiger partial charge in [0.1, 0.15) is 19.0 Å². The number of hydrogen-bond acceptors (Lipinski definition) is 5. The van der Waals surface area contributed by atoms with Crippen LogP contribution in [-0.2, 0) is 36.3 Å². The second kappa shape index (κ2) is 10.5. The zero-order chi connectivity index (χ0) is 27.8. The maximum absolute atomic E-state index is 13.9. The Morgan fingerprint density at radius 3 is 2.05 bits per heavy atom. The molecule has 0 amide bonds. The standard InChI is InChI=1S/C26H24F4O6S2/c1-18(26(29,30)38(31,32)33)36-20-11-13-22(14-12-20)37(21-8-4-3-5-9-21)23-10-6-7-19(15-23)24(2)34-16-25(27,28)17-35-24/h3-15,18H,16-17H2,1-2H3/p+1. The van der Waals surface area contributed by atoms with Crippen molar-refractivity contribution in [1.82, 2.24) is 0 Å². The largest absolute Gasteiger partial charge is 0.483 e. The molecule has 3 aromatic rings. The molecule has 1 saturated heterocycles. The monoisotopic (exact) mass is 573 g/mol. The molecule has 0 aliphatic carbocycles. The van der Waals surface area contributed by atoms with Crippen LogP contribution >= 0.6 is 0 Å². The van der Waals surface area contributed by atoms with E-state index in [9.17, 15) is 26.0 Å². The Kier molecular flexibility index (Phi) is 7.84. The van der Waals surface area contributed by atoms with Crippen molar-refractivity contribution in [2.75, 3.05) is 13.2 Å². The van der Waals surface area contributed by atoms with Gasteiger partial charge in [0, 0.05) is 11.6 Å². The Balaban J connectivity index is 1.66. The van der Waals surface area contributed by atoms with Crippen molar-refractivity contribution in [3.63, 3.8) is 0 Å². The van der Waals surface area contributed by atoms with E-state index in [1.165, 1.54) is 12.1 Å². The van der Waals surface area contributed by atoms with Crippen molar-refractivity contribution < 1.29 is 44.7 Å². The van der Waals surface area contributed by atoms with Crippen LogP contribution in [0.5, 0.6) is 5.75 Å². The van der Waals surface area contributed by atoms with Gasteiger partial charge in [-0.25, -0.2) is 8.78 Å². The van der Waals surface area contributed by atoms with Gasteiger partial charge in [-0.1, -0.05) is 30.3 Å². The summed E-state index contributed by atoms with van der Waals surface area (Å²) in [5.41, 5.74) is 0.556. The van der Waals surface area contributed by atoms with E-state index in [4.69, 9.17) is 18.8 Å². The molecule has 1 fully saturated rings. The second-order valence-corrected chi connectivity index (χ2v) is 12.3. The smallest absolute Gasteiger partial charge is 0.405 e. The highest BCUT2D eigenvalue weighted by Crippen LogP contribution is 2.39. The highest BCUT2D eigenvalue weighted by atomic mass is 32.2. The number of hydrogen-bond donors (Lipinski definition) is 1. The number of rotatable bonds is 8. The minimum Gasteiger partial charge on any atom is -0.483 e. The topological polar surface area (TPSA) is 82.1 Å². The molecule has 2 atom stereocenters. The number of ether oxygens (including phenoxy) is 3. The summed E-state index contributed by atoms with van der Waals surface area (Å²) in [5, 5.41) is -4.50. The lowest BCUT2D eigenvalue weighted by Crippen LogP contribution is -2.46. The normalized spacial score (nSPS) is 18.9. The van der Waals surface area contributed by atoms with Gasteiger partial charge in [0.25, 0.3) is 5.92 Å². The summed E-state index contributed by atoms with van der Waals surface area (Å²) in [4.78, 5) is 2.52. The summed E-state index contributed by atoms with van der Waals surface area (Å²) in [6, 6.07) is 22.8. The van der Waals surface area contributed by atoms with Crippen LogP contribution < -0.4 is 4.74 Å². The summed E-state index contributed by atoms with van der Waals surface area (Å²) in [7, 11) is -6.37. The summed E-state index contributed by atoms with van der Waals surface area (Å²) in [5.74, 6) is -4.46. The molecule has 4 rings (SSSR count). The fourth-order valence-corrected chi connectivity index (χ4v) is 6.32. The maximum atomic E-state index is 13.9. The van der Waals surface area contributed by atoms with Gasteiger partial charge >= 0.3 is 15.4 Å². The first-order chi connectivity index (χ1) is 17.7. The third-order valence-corrected chi connectivity index (χ3v) is 9.11. The molecule has 6 nitrogen and oxygen atoms in total. The fraction of sp³-hybridized carbons (Fsp3) is 0.308. The highest BCUT2D eigenvalue weighted by Gasteiger charge is 2.51. The SMILES string of the molecule is CC(Oc1ccc([S+](c2ccccc2)c2cccc(C3(C)OCC(F)(F)CO3)c2)cc1)C(F)(F)S(=O)(=O)O. The van der Waals surface area contributed by atoms with E-state index in [2.05, 4.69) is 0 Å². The third-order valence-electron chi connectivity index (χ3n) is 5.88. The predicted molar refractivity (Wildman–Crippen MR) is 132 cm³/mol. The predicted octanol–water partition coefficient (Wildman–Crippen LogP) is 5.88. The number of benzene rings is 3. The molecule has 1 aliphatic heterocycles. The van der Waals surface area contributed by atoms with Gasteiger partial charge < -0.3 is 14.2 Å². The van der Waals surface area contributed by atoms with Crippen molar-refractivity contribution >= 4 is 21.0 Å². The van der Waals surface area contributed by atoms with E-state index in [-0.39, 0.29) is 5.75 Å². The fourth-order valence-electron chi connectivity index (χ4n) is 3.74. The quantitative estimate of drug-likeness (QED) is 0.206. The molecule has 0 bridgehead atoms. The van der Waals surface area contributed by atoms with Crippen molar-refractivity contribution in [3.05, 3.63) is 84.4 Å². The minimum absolute atomic E-state index is 0.0209. The van der Waals surface area contributed by atoms with Crippen molar-refractivity contribution in [1.29, 1.82) is 0 Å². The number of halogens is 4. The van der Waals surface area contributed by atoms with Crippen LogP contribution in [0.25, 0.3) is 0 Å². The van der Waals surface area contributed by atoms with Crippen LogP contribution in [0.2, 0.25) is 0 Å². The Bertz CT molecular complexity index is 1360. The Morgan fingerprint density at radius 1 is 0.921 bits per heavy atom. The van der Waals surface area contributed by atoms with Gasteiger partial charge in [-0.15, -0.1) is 0 Å². The maximum Gasteiger partial charge on any atom is 0.405 e. The Hall–Kier alpha value is -2.64. The van der Waals surface area contributed by atoms with Crippen molar-refractivity contribution in [3.8, 4) is 5.75 Å². The molecular formula is C26H25F4O6S2+. The van der Waals surface area contributed by atoms with Crippen LogP contribution in [0.1, 0.15) is 19.4 Å². The Morgan fingerprint density at radius 2 is 1.47 bits per heavy atom. The molecule has 0 spiro atoms. The van der Waals surface area contributed by atoms with Gasteiger partial charge in [0.15, 0.2) is 26.6 Å². The third kappa shape index (κ3) is 5.99. The van der Waals surface area contributed by atoms with Crippen LogP contribution in [0.15, 0.2) is 93.5 Å².